The van der Waals surface area contributed by atoms with Crippen molar-refractivity contribution in [3.05, 3.63) is 34.7 Å². The van der Waals surface area contributed by atoms with E-state index >= 15 is 0 Å². The van der Waals surface area contributed by atoms with E-state index in [2.05, 4.69) is 4.90 Å². The van der Waals surface area contributed by atoms with E-state index in [1.54, 1.807) is 9.13 Å². The van der Waals surface area contributed by atoms with Crippen molar-refractivity contribution in [2.24, 2.45) is 0 Å². The second-order valence-corrected chi connectivity index (χ2v) is 7.44. The van der Waals surface area contributed by atoms with Crippen molar-refractivity contribution in [3.63, 3.8) is 0 Å². The Morgan fingerprint density at radius 1 is 1.08 bits per heavy atom. The van der Waals surface area contributed by atoms with Gasteiger partial charge in [-0.2, -0.15) is 0 Å². The van der Waals surface area contributed by atoms with E-state index in [1.807, 2.05) is 36.1 Å². The van der Waals surface area contributed by atoms with Crippen LogP contribution in [0.3, 0.4) is 0 Å². The maximum atomic E-state index is 12.7. The van der Waals surface area contributed by atoms with Crippen LogP contribution in [0.4, 0.5) is 0 Å². The molecule has 1 aromatic carbocycles. The van der Waals surface area contributed by atoms with Crippen molar-refractivity contribution < 1.29 is 4.79 Å². The third-order valence-electron chi connectivity index (χ3n) is 5.96. The van der Waals surface area contributed by atoms with Gasteiger partial charge in [0.2, 0.25) is 5.91 Å². The standard InChI is InChI=1S/C20H28N4O2/c1-2-23-17-7-3-4-8-18(17)24(20(23)26)14-10-19(25)22-13-9-16(15-22)21-11-5-6-12-21/h3-4,7-8,16H,2,5-6,9-15H2,1H3. The number of rotatable bonds is 5. The molecule has 0 spiro atoms. The molecule has 0 radical (unpaired) electrons. The zero-order chi connectivity index (χ0) is 18.1. The van der Waals surface area contributed by atoms with Crippen LogP contribution >= 0.6 is 0 Å². The molecule has 140 valence electrons. The van der Waals surface area contributed by atoms with Crippen LogP contribution in [0.15, 0.2) is 29.1 Å². The Labute approximate surface area is 154 Å². The zero-order valence-corrected chi connectivity index (χ0v) is 15.6. The van der Waals surface area contributed by atoms with Gasteiger partial charge in [0.05, 0.1) is 11.0 Å². The maximum absolute atomic E-state index is 12.7. The maximum Gasteiger partial charge on any atom is 0.329 e. The molecule has 6 nitrogen and oxygen atoms in total. The Hall–Kier alpha value is -2.08. The lowest BCUT2D eigenvalue weighted by molar-refractivity contribution is -0.130. The molecule has 0 bridgehead atoms. The van der Waals surface area contributed by atoms with Crippen molar-refractivity contribution >= 4 is 16.9 Å². The lowest BCUT2D eigenvalue weighted by atomic mass is 10.2. The monoisotopic (exact) mass is 356 g/mol. The van der Waals surface area contributed by atoms with E-state index in [9.17, 15) is 9.59 Å². The molecule has 2 saturated heterocycles. The average molecular weight is 356 g/mol. The molecule has 6 heteroatoms. The summed E-state index contributed by atoms with van der Waals surface area (Å²) in [5.41, 5.74) is 1.85. The summed E-state index contributed by atoms with van der Waals surface area (Å²) in [4.78, 5) is 29.9. The number of aryl methyl sites for hydroxylation is 2. The summed E-state index contributed by atoms with van der Waals surface area (Å²) >= 11 is 0. The number of hydrogen-bond donors (Lipinski definition) is 0. The molecule has 0 N–H and O–H groups in total. The summed E-state index contributed by atoms with van der Waals surface area (Å²) in [5.74, 6) is 0.173. The van der Waals surface area contributed by atoms with E-state index in [0.717, 1.165) is 30.5 Å². The number of imidazole rings is 1. The Kier molecular flexibility index (Phi) is 4.85. The normalized spacial score (nSPS) is 21.1. The zero-order valence-electron chi connectivity index (χ0n) is 15.6. The highest BCUT2D eigenvalue weighted by Crippen LogP contribution is 2.21. The number of likely N-dealkylation sites (tertiary alicyclic amines) is 2. The molecule has 1 unspecified atom stereocenters. The predicted molar refractivity (Wildman–Crippen MR) is 102 cm³/mol. The third-order valence-corrected chi connectivity index (χ3v) is 5.96. The van der Waals surface area contributed by atoms with E-state index in [-0.39, 0.29) is 11.6 Å². The minimum Gasteiger partial charge on any atom is -0.341 e. The number of carbonyl (C=O) groups excluding carboxylic acids is 1. The van der Waals surface area contributed by atoms with Crippen molar-refractivity contribution in [2.45, 2.75) is 51.7 Å². The molecule has 26 heavy (non-hydrogen) atoms. The van der Waals surface area contributed by atoms with Gasteiger partial charge in [0.15, 0.2) is 0 Å². The molecule has 2 aliphatic rings. The highest BCUT2D eigenvalue weighted by molar-refractivity contribution is 5.78. The number of fused-ring (bicyclic) bond motifs is 1. The first kappa shape index (κ1) is 17.3. The second-order valence-electron chi connectivity index (χ2n) is 7.44. The average Bonchev–Trinajstić information content (AvgIpc) is 3.38. The Morgan fingerprint density at radius 2 is 1.77 bits per heavy atom. The van der Waals surface area contributed by atoms with Crippen LogP contribution in [-0.4, -0.2) is 57.1 Å². The van der Waals surface area contributed by atoms with Gasteiger partial charge in [-0.3, -0.25) is 18.8 Å². The van der Waals surface area contributed by atoms with Gasteiger partial charge in [-0.05, 0) is 51.4 Å². The van der Waals surface area contributed by atoms with Crippen molar-refractivity contribution in [1.29, 1.82) is 0 Å². The molecule has 1 amide bonds. The van der Waals surface area contributed by atoms with Crippen LogP contribution in [-0.2, 0) is 17.9 Å². The van der Waals surface area contributed by atoms with Crippen molar-refractivity contribution in [1.82, 2.24) is 18.9 Å². The van der Waals surface area contributed by atoms with Gasteiger partial charge >= 0.3 is 5.69 Å². The Bertz CT molecular complexity index is 847. The van der Waals surface area contributed by atoms with E-state index < -0.39 is 0 Å². The molecule has 0 saturated carbocycles. The first-order chi connectivity index (χ1) is 12.7. The van der Waals surface area contributed by atoms with E-state index in [4.69, 9.17) is 0 Å². The molecule has 4 rings (SSSR count). The SMILES string of the molecule is CCn1c(=O)n(CCC(=O)N2CCC(N3CCCC3)C2)c2ccccc21. The Morgan fingerprint density at radius 3 is 2.46 bits per heavy atom. The van der Waals surface area contributed by atoms with Gasteiger partial charge in [0.1, 0.15) is 0 Å². The number of benzene rings is 1. The van der Waals surface area contributed by atoms with E-state index in [0.29, 0.717) is 25.6 Å². The lowest BCUT2D eigenvalue weighted by Gasteiger charge is -2.23. The number of carbonyl (C=O) groups is 1. The van der Waals surface area contributed by atoms with Crippen LogP contribution in [0.25, 0.3) is 11.0 Å². The second kappa shape index (κ2) is 7.27. The van der Waals surface area contributed by atoms with Gasteiger partial charge in [0.25, 0.3) is 0 Å². The number of amides is 1. The summed E-state index contributed by atoms with van der Waals surface area (Å²) in [5, 5.41) is 0. The largest absolute Gasteiger partial charge is 0.341 e. The third kappa shape index (κ3) is 3.07. The fourth-order valence-electron chi connectivity index (χ4n) is 4.53. The van der Waals surface area contributed by atoms with Gasteiger partial charge in [-0.25, -0.2) is 4.79 Å². The number of aromatic nitrogens is 2. The lowest BCUT2D eigenvalue weighted by Crippen LogP contribution is -2.37. The van der Waals surface area contributed by atoms with Crippen molar-refractivity contribution in [2.75, 3.05) is 26.2 Å². The van der Waals surface area contributed by atoms with Gasteiger partial charge < -0.3 is 4.90 Å². The molecule has 2 aromatic rings. The molecule has 1 aromatic heterocycles. The van der Waals surface area contributed by atoms with Crippen LogP contribution in [0.5, 0.6) is 0 Å². The highest BCUT2D eigenvalue weighted by Gasteiger charge is 2.31. The first-order valence-electron chi connectivity index (χ1n) is 9.89. The topological polar surface area (TPSA) is 50.5 Å². The summed E-state index contributed by atoms with van der Waals surface area (Å²) < 4.78 is 3.53. The molecular formula is C20H28N4O2. The fraction of sp³-hybridized carbons (Fsp3) is 0.600. The van der Waals surface area contributed by atoms with Gasteiger partial charge in [-0.1, -0.05) is 12.1 Å². The molecular weight excluding hydrogens is 328 g/mol. The molecule has 2 aliphatic heterocycles. The highest BCUT2D eigenvalue weighted by atomic mass is 16.2. The first-order valence-corrected chi connectivity index (χ1v) is 9.89. The minimum atomic E-state index is -0.0159. The summed E-state index contributed by atoms with van der Waals surface area (Å²) in [7, 11) is 0. The molecule has 0 aliphatic carbocycles. The smallest absolute Gasteiger partial charge is 0.329 e. The molecule has 2 fully saturated rings. The van der Waals surface area contributed by atoms with Crippen LogP contribution in [0.2, 0.25) is 0 Å². The van der Waals surface area contributed by atoms with Gasteiger partial charge in [0, 0.05) is 38.6 Å². The van der Waals surface area contributed by atoms with Gasteiger partial charge in [-0.15, -0.1) is 0 Å². The number of nitrogens with zero attached hydrogens (tertiary/aromatic N) is 4. The predicted octanol–water partition coefficient (Wildman–Crippen LogP) is 1.91. The van der Waals surface area contributed by atoms with E-state index in [1.165, 1.54) is 25.9 Å². The van der Waals surface area contributed by atoms with Crippen molar-refractivity contribution in [3.8, 4) is 0 Å². The quantitative estimate of drug-likeness (QED) is 0.822. The Balaban J connectivity index is 1.43. The summed E-state index contributed by atoms with van der Waals surface area (Å²) in [6, 6.07) is 8.37. The fourth-order valence-corrected chi connectivity index (χ4v) is 4.53. The number of para-hydroxylation sites is 2. The number of hydrogen-bond acceptors (Lipinski definition) is 3. The molecule has 3 heterocycles. The van der Waals surface area contributed by atoms with Crippen LogP contribution < -0.4 is 5.69 Å². The molecule has 1 atom stereocenters. The summed E-state index contributed by atoms with van der Waals surface area (Å²) in [6.07, 6.45) is 4.05. The summed E-state index contributed by atoms with van der Waals surface area (Å²) in [6.45, 7) is 7.14. The van der Waals surface area contributed by atoms with Crippen LogP contribution in [0, 0.1) is 0 Å². The minimum absolute atomic E-state index is 0.0159. The van der Waals surface area contributed by atoms with Crippen LogP contribution in [0.1, 0.15) is 32.6 Å².